The Labute approximate surface area is 210 Å². The van der Waals surface area contributed by atoms with Crippen molar-refractivity contribution in [2.75, 3.05) is 11.9 Å². The molecule has 0 spiro atoms. The number of anilines is 2. The topological polar surface area (TPSA) is 136 Å². The van der Waals surface area contributed by atoms with E-state index < -0.39 is 15.8 Å². The van der Waals surface area contributed by atoms with E-state index in [1.165, 1.54) is 10.5 Å². The Morgan fingerprint density at radius 1 is 1.11 bits per heavy atom. The number of aryl methyl sites for hydroxylation is 1. The van der Waals surface area contributed by atoms with E-state index in [1.807, 2.05) is 18.2 Å². The van der Waals surface area contributed by atoms with Crippen LogP contribution in [0.1, 0.15) is 16.8 Å². The molecule has 0 aliphatic carbocycles. The van der Waals surface area contributed by atoms with Crippen molar-refractivity contribution in [1.82, 2.24) is 24.1 Å². The fourth-order valence-corrected chi connectivity index (χ4v) is 5.25. The quantitative estimate of drug-likeness (QED) is 0.412. The maximum atomic E-state index is 13.1. The van der Waals surface area contributed by atoms with Crippen LogP contribution in [0, 0.1) is 6.92 Å². The third-order valence-corrected chi connectivity index (χ3v) is 7.39. The van der Waals surface area contributed by atoms with Crippen molar-refractivity contribution in [3.8, 4) is 5.69 Å². The van der Waals surface area contributed by atoms with Crippen molar-refractivity contribution < 1.29 is 8.42 Å². The molecule has 10 nitrogen and oxygen atoms in total. The van der Waals surface area contributed by atoms with Crippen LogP contribution >= 0.6 is 23.2 Å². The zero-order chi connectivity index (χ0) is 24.9. The van der Waals surface area contributed by atoms with Gasteiger partial charge in [0.2, 0.25) is 5.95 Å². The van der Waals surface area contributed by atoms with Crippen molar-refractivity contribution in [2.24, 2.45) is 5.14 Å². The third-order valence-electron chi connectivity index (χ3n) is 5.75. The zero-order valence-corrected chi connectivity index (χ0v) is 20.7. The highest BCUT2D eigenvalue weighted by molar-refractivity contribution is 7.86. The molecule has 0 saturated heterocycles. The summed E-state index contributed by atoms with van der Waals surface area (Å²) in [5.41, 5.74) is 3.25. The van der Waals surface area contributed by atoms with Gasteiger partial charge in [-0.05, 0) is 48.7 Å². The lowest BCUT2D eigenvalue weighted by Gasteiger charge is -2.26. The molecule has 35 heavy (non-hydrogen) atoms. The van der Waals surface area contributed by atoms with Crippen LogP contribution in [0.3, 0.4) is 0 Å². The highest BCUT2D eigenvalue weighted by Gasteiger charge is 2.24. The molecule has 13 heteroatoms. The van der Waals surface area contributed by atoms with E-state index in [0.717, 1.165) is 15.8 Å². The normalized spacial score (nSPS) is 14.2. The Hall–Kier alpha value is -3.09. The summed E-state index contributed by atoms with van der Waals surface area (Å²) in [5, 5.41) is 13.6. The summed E-state index contributed by atoms with van der Waals surface area (Å²) in [6, 6.07) is 10.6. The molecule has 4 aromatic rings. The van der Waals surface area contributed by atoms with E-state index in [0.29, 0.717) is 39.9 Å². The molecular weight excluding hydrogens is 513 g/mol. The van der Waals surface area contributed by atoms with E-state index in [-0.39, 0.29) is 23.6 Å². The third kappa shape index (κ3) is 4.48. The lowest BCUT2D eigenvalue weighted by molar-refractivity contribution is 0.392. The first kappa shape index (κ1) is 23.6. The van der Waals surface area contributed by atoms with Gasteiger partial charge in [0.05, 0.1) is 21.1 Å². The molecule has 1 aliphatic heterocycles. The molecule has 0 saturated carbocycles. The van der Waals surface area contributed by atoms with Gasteiger partial charge in [-0.25, -0.2) is 15.1 Å². The fraction of sp³-hybridized carbons (Fsp3) is 0.182. The van der Waals surface area contributed by atoms with Gasteiger partial charge >= 0.3 is 0 Å². The number of hydrogen-bond acceptors (Lipinski definition) is 7. The van der Waals surface area contributed by atoms with E-state index in [9.17, 15) is 13.2 Å². The molecule has 3 heterocycles. The number of nitrogens with zero attached hydrogens (tertiary/aromatic N) is 5. The number of nitrogens with one attached hydrogen (secondary N) is 1. The average Bonchev–Trinajstić information content (AvgIpc) is 2.81. The minimum absolute atomic E-state index is 0.190. The van der Waals surface area contributed by atoms with Gasteiger partial charge in [-0.3, -0.25) is 4.79 Å². The van der Waals surface area contributed by atoms with Gasteiger partial charge in [0.1, 0.15) is 11.2 Å². The molecule has 1 aliphatic rings. The van der Waals surface area contributed by atoms with Gasteiger partial charge in [0.25, 0.3) is 15.8 Å². The molecule has 180 valence electrons. The van der Waals surface area contributed by atoms with E-state index in [1.54, 1.807) is 25.1 Å². The summed E-state index contributed by atoms with van der Waals surface area (Å²) in [5.74, 6) is 0.259. The Balaban J connectivity index is 1.50. The molecular formula is C22H19Cl2N7O3S. The molecule has 0 fully saturated rings. The van der Waals surface area contributed by atoms with Crippen LogP contribution in [-0.4, -0.2) is 39.0 Å². The molecule has 2 aromatic heterocycles. The Kier molecular flexibility index (Phi) is 5.98. The summed E-state index contributed by atoms with van der Waals surface area (Å²) in [7, 11) is -3.77. The second-order valence-electron chi connectivity index (χ2n) is 8.07. The van der Waals surface area contributed by atoms with Gasteiger partial charge in [-0.1, -0.05) is 35.3 Å². The van der Waals surface area contributed by atoms with Crippen LogP contribution in [0.15, 0.2) is 47.4 Å². The second kappa shape index (κ2) is 8.85. The fourth-order valence-electron chi connectivity index (χ4n) is 4.03. The van der Waals surface area contributed by atoms with Crippen molar-refractivity contribution >= 4 is 55.9 Å². The van der Waals surface area contributed by atoms with Crippen LogP contribution < -0.4 is 16.0 Å². The standard InChI is InChI=1S/C22H19Cl2N7O3S/c1-12-19-16(21(32)31(29-12)20-17(23)3-2-4-18(20)24)10-26-22(28-19)27-15-6-5-13-7-8-30(35(25,33)34)11-14(13)9-15/h2-6,9-10H,7-8,11H2,1H3,(H2,25,33,34)(H,26,27,28). The molecule has 3 N–H and O–H groups in total. The number of hydrogen-bond donors (Lipinski definition) is 2. The molecule has 0 unspecified atom stereocenters. The maximum Gasteiger partial charge on any atom is 0.282 e. The lowest BCUT2D eigenvalue weighted by Crippen LogP contribution is -2.40. The smallest absolute Gasteiger partial charge is 0.282 e. The van der Waals surface area contributed by atoms with E-state index >= 15 is 0 Å². The monoisotopic (exact) mass is 531 g/mol. The zero-order valence-electron chi connectivity index (χ0n) is 18.4. The number of nitrogens with two attached hydrogens (primary N) is 1. The SMILES string of the molecule is Cc1nn(-c2c(Cl)cccc2Cl)c(=O)c2cnc(Nc3ccc4c(c3)CN(S(N)(=O)=O)CC4)nc12. The Bertz CT molecular complexity index is 1640. The van der Waals surface area contributed by atoms with Crippen LogP contribution in [-0.2, 0) is 23.2 Å². The number of fused-ring (bicyclic) bond motifs is 2. The summed E-state index contributed by atoms with van der Waals surface area (Å²) in [6.07, 6.45) is 2.00. The minimum atomic E-state index is -3.77. The van der Waals surface area contributed by atoms with E-state index in [4.69, 9.17) is 28.3 Å². The first-order valence-corrected chi connectivity index (χ1v) is 12.8. The van der Waals surface area contributed by atoms with Gasteiger partial charge in [-0.15, -0.1) is 0 Å². The van der Waals surface area contributed by atoms with Crippen molar-refractivity contribution in [3.05, 3.63) is 79.8 Å². The highest BCUT2D eigenvalue weighted by Crippen LogP contribution is 2.28. The van der Waals surface area contributed by atoms with E-state index in [2.05, 4.69) is 20.4 Å². The number of rotatable bonds is 4. The molecule has 0 atom stereocenters. The predicted octanol–water partition coefficient (Wildman–Crippen LogP) is 3.10. The van der Waals surface area contributed by atoms with Crippen LogP contribution in [0.5, 0.6) is 0 Å². The van der Waals surface area contributed by atoms with Crippen molar-refractivity contribution in [2.45, 2.75) is 19.9 Å². The number of benzene rings is 2. The number of halogens is 2. The largest absolute Gasteiger partial charge is 0.324 e. The first-order chi connectivity index (χ1) is 16.6. The van der Waals surface area contributed by atoms with Crippen LogP contribution in [0.25, 0.3) is 16.6 Å². The Morgan fingerprint density at radius 2 is 1.86 bits per heavy atom. The molecule has 5 rings (SSSR count). The molecule has 0 radical (unpaired) electrons. The van der Waals surface area contributed by atoms with Gasteiger partial charge in [-0.2, -0.15) is 22.5 Å². The Morgan fingerprint density at radius 3 is 2.57 bits per heavy atom. The van der Waals surface area contributed by atoms with Gasteiger partial charge < -0.3 is 5.32 Å². The molecule has 2 aromatic carbocycles. The summed E-state index contributed by atoms with van der Waals surface area (Å²) >= 11 is 12.5. The lowest BCUT2D eigenvalue weighted by atomic mass is 10.0. The first-order valence-electron chi connectivity index (χ1n) is 10.5. The summed E-state index contributed by atoms with van der Waals surface area (Å²) in [6.45, 7) is 2.26. The minimum Gasteiger partial charge on any atom is -0.324 e. The number of aromatic nitrogens is 4. The van der Waals surface area contributed by atoms with Crippen molar-refractivity contribution in [1.29, 1.82) is 0 Å². The maximum absolute atomic E-state index is 13.1. The summed E-state index contributed by atoms with van der Waals surface area (Å²) in [4.78, 5) is 21.9. The van der Waals surface area contributed by atoms with Gasteiger partial charge in [0, 0.05) is 25.0 Å². The summed E-state index contributed by atoms with van der Waals surface area (Å²) < 4.78 is 25.8. The molecule has 0 amide bonds. The van der Waals surface area contributed by atoms with Gasteiger partial charge in [0.15, 0.2) is 0 Å². The highest BCUT2D eigenvalue weighted by atomic mass is 35.5. The number of para-hydroxylation sites is 1. The van der Waals surface area contributed by atoms with Crippen LogP contribution in [0.4, 0.5) is 11.6 Å². The molecule has 0 bridgehead atoms. The average molecular weight is 532 g/mol. The second-order valence-corrected chi connectivity index (χ2v) is 10.4. The van der Waals surface area contributed by atoms with Crippen LogP contribution in [0.2, 0.25) is 10.0 Å². The van der Waals surface area contributed by atoms with Crippen molar-refractivity contribution in [3.63, 3.8) is 0 Å². The predicted molar refractivity (Wildman–Crippen MR) is 135 cm³/mol.